The highest BCUT2D eigenvalue weighted by molar-refractivity contribution is 6.01. The van der Waals surface area contributed by atoms with Crippen LogP contribution < -0.4 is 5.32 Å². The molecule has 29 heavy (non-hydrogen) atoms. The summed E-state index contributed by atoms with van der Waals surface area (Å²) in [5.74, 6) is -3.87. The Morgan fingerprint density at radius 1 is 0.931 bits per heavy atom. The van der Waals surface area contributed by atoms with Gasteiger partial charge < -0.3 is 19.9 Å². The number of fused-ring (bicyclic) bond motifs is 2. The van der Waals surface area contributed by atoms with Crippen molar-refractivity contribution in [2.45, 2.75) is 33.1 Å². The molecule has 0 radical (unpaired) electrons. The molecule has 1 aromatic carbocycles. The highest BCUT2D eigenvalue weighted by atomic mass is 16.5. The van der Waals surface area contributed by atoms with Crippen LogP contribution in [-0.4, -0.2) is 42.1 Å². The lowest BCUT2D eigenvalue weighted by Gasteiger charge is -2.27. The molecule has 8 nitrogen and oxygen atoms in total. The van der Waals surface area contributed by atoms with E-state index in [1.54, 1.807) is 13.8 Å². The minimum absolute atomic E-state index is 0.0224. The first-order valence-electron chi connectivity index (χ1n) is 9.88. The summed E-state index contributed by atoms with van der Waals surface area (Å²) in [5, 5.41) is 12.3. The maximum absolute atomic E-state index is 12.9. The SMILES string of the molecule is CCOC(=O)c1cc(NC(=O)C2C3CCC(C3)C2C(=O)O)cc(C(=O)OCC)c1. The zero-order valence-electron chi connectivity index (χ0n) is 16.5. The molecule has 1 amide bonds. The molecule has 0 saturated heterocycles. The number of carboxylic acid groups (broad SMARTS) is 1. The molecular formula is C21H25NO7. The van der Waals surface area contributed by atoms with Crippen LogP contribution in [0.5, 0.6) is 0 Å². The van der Waals surface area contributed by atoms with E-state index in [-0.39, 0.29) is 41.9 Å². The third-order valence-electron chi connectivity index (χ3n) is 5.73. The monoisotopic (exact) mass is 403 g/mol. The summed E-state index contributed by atoms with van der Waals surface area (Å²) in [5.41, 5.74) is 0.446. The standard InChI is InChI=1S/C21H25NO7/c1-3-28-20(26)13-8-14(21(27)29-4-2)10-15(9-13)22-18(23)16-11-5-6-12(7-11)17(16)19(24)25/h8-12,16-17H,3-7H2,1-2H3,(H,22,23)(H,24,25). The van der Waals surface area contributed by atoms with Crippen LogP contribution in [-0.2, 0) is 19.1 Å². The van der Waals surface area contributed by atoms with Crippen LogP contribution in [0.15, 0.2) is 18.2 Å². The molecule has 8 heteroatoms. The predicted molar refractivity (Wildman–Crippen MR) is 102 cm³/mol. The van der Waals surface area contributed by atoms with E-state index in [1.165, 1.54) is 18.2 Å². The molecule has 2 aliphatic rings. The number of ether oxygens (including phenoxy) is 2. The number of esters is 2. The number of carbonyl (C=O) groups is 4. The molecule has 2 saturated carbocycles. The van der Waals surface area contributed by atoms with Crippen molar-refractivity contribution in [2.24, 2.45) is 23.7 Å². The third-order valence-corrected chi connectivity index (χ3v) is 5.73. The summed E-state index contributed by atoms with van der Waals surface area (Å²) < 4.78 is 9.98. The number of hydrogen-bond acceptors (Lipinski definition) is 6. The van der Waals surface area contributed by atoms with Crippen molar-refractivity contribution in [3.63, 3.8) is 0 Å². The number of rotatable bonds is 7. The van der Waals surface area contributed by atoms with E-state index in [0.29, 0.717) is 0 Å². The number of benzene rings is 1. The van der Waals surface area contributed by atoms with Crippen molar-refractivity contribution in [3.8, 4) is 0 Å². The predicted octanol–water partition coefficient (Wildman–Crippen LogP) is 2.73. The summed E-state index contributed by atoms with van der Waals surface area (Å²) >= 11 is 0. The second-order valence-electron chi connectivity index (χ2n) is 7.45. The number of hydrogen-bond donors (Lipinski definition) is 2. The molecule has 4 unspecified atom stereocenters. The van der Waals surface area contributed by atoms with E-state index in [4.69, 9.17) is 9.47 Å². The molecular weight excluding hydrogens is 378 g/mol. The van der Waals surface area contributed by atoms with Gasteiger partial charge in [-0.3, -0.25) is 9.59 Å². The Balaban J connectivity index is 1.87. The molecule has 2 aliphatic carbocycles. The van der Waals surface area contributed by atoms with Gasteiger partial charge in [0.05, 0.1) is 36.2 Å². The van der Waals surface area contributed by atoms with Crippen LogP contribution in [0.25, 0.3) is 0 Å². The Morgan fingerprint density at radius 3 is 1.93 bits per heavy atom. The molecule has 3 rings (SSSR count). The average molecular weight is 403 g/mol. The van der Waals surface area contributed by atoms with Crippen molar-refractivity contribution in [1.29, 1.82) is 0 Å². The van der Waals surface area contributed by atoms with Crippen molar-refractivity contribution < 1.29 is 33.8 Å². The van der Waals surface area contributed by atoms with Gasteiger partial charge in [-0.1, -0.05) is 0 Å². The van der Waals surface area contributed by atoms with E-state index in [0.717, 1.165) is 19.3 Å². The minimum atomic E-state index is -0.954. The summed E-state index contributed by atoms with van der Waals surface area (Å²) in [6.45, 7) is 3.65. The first-order valence-corrected chi connectivity index (χ1v) is 9.88. The smallest absolute Gasteiger partial charge is 0.338 e. The summed E-state index contributed by atoms with van der Waals surface area (Å²) in [6, 6.07) is 4.19. The largest absolute Gasteiger partial charge is 0.481 e. The lowest BCUT2D eigenvalue weighted by Crippen LogP contribution is -2.37. The Bertz CT molecular complexity index is 798. The highest BCUT2D eigenvalue weighted by Crippen LogP contribution is 2.52. The number of aliphatic carboxylic acids is 1. The van der Waals surface area contributed by atoms with Crippen LogP contribution in [0.2, 0.25) is 0 Å². The van der Waals surface area contributed by atoms with Gasteiger partial charge in [-0.05, 0) is 63.1 Å². The fourth-order valence-electron chi connectivity index (χ4n) is 4.61. The van der Waals surface area contributed by atoms with E-state index in [2.05, 4.69) is 5.32 Å². The van der Waals surface area contributed by atoms with Crippen molar-refractivity contribution in [3.05, 3.63) is 29.3 Å². The lowest BCUT2D eigenvalue weighted by atomic mass is 9.78. The molecule has 0 aromatic heterocycles. The third kappa shape index (κ3) is 4.26. The van der Waals surface area contributed by atoms with Crippen LogP contribution in [0.4, 0.5) is 5.69 Å². The second kappa shape index (κ2) is 8.63. The van der Waals surface area contributed by atoms with Gasteiger partial charge in [-0.2, -0.15) is 0 Å². The fourth-order valence-corrected chi connectivity index (χ4v) is 4.61. The number of carboxylic acids is 1. The molecule has 156 valence electrons. The van der Waals surface area contributed by atoms with Crippen LogP contribution in [0, 0.1) is 23.7 Å². The molecule has 2 fully saturated rings. The van der Waals surface area contributed by atoms with Gasteiger partial charge in [0.1, 0.15) is 0 Å². The summed E-state index contributed by atoms with van der Waals surface area (Å²) in [7, 11) is 0. The molecule has 2 N–H and O–H groups in total. The Kier molecular flexibility index (Phi) is 6.20. The second-order valence-corrected chi connectivity index (χ2v) is 7.45. The van der Waals surface area contributed by atoms with Crippen molar-refractivity contribution >= 4 is 29.5 Å². The van der Waals surface area contributed by atoms with E-state index in [9.17, 15) is 24.3 Å². The Morgan fingerprint density at radius 2 is 1.45 bits per heavy atom. The van der Waals surface area contributed by atoms with Gasteiger partial charge in [-0.25, -0.2) is 9.59 Å². The molecule has 1 aromatic rings. The quantitative estimate of drug-likeness (QED) is 0.672. The zero-order valence-corrected chi connectivity index (χ0v) is 16.5. The number of amides is 1. The van der Waals surface area contributed by atoms with E-state index >= 15 is 0 Å². The van der Waals surface area contributed by atoms with Crippen LogP contribution >= 0.6 is 0 Å². The van der Waals surface area contributed by atoms with Crippen LogP contribution in [0.3, 0.4) is 0 Å². The first kappa shape index (κ1) is 20.8. The summed E-state index contributed by atoms with van der Waals surface area (Å²) in [4.78, 5) is 48.9. The Hall–Kier alpha value is -2.90. The van der Waals surface area contributed by atoms with Gasteiger partial charge in [0.2, 0.25) is 5.91 Å². The summed E-state index contributed by atoms with van der Waals surface area (Å²) in [6.07, 6.45) is 2.41. The Labute approximate surface area is 168 Å². The maximum atomic E-state index is 12.9. The van der Waals surface area contributed by atoms with E-state index in [1.807, 2.05) is 0 Å². The first-order chi connectivity index (χ1) is 13.8. The number of carbonyl (C=O) groups excluding carboxylic acids is 3. The van der Waals surface area contributed by atoms with Crippen molar-refractivity contribution in [2.75, 3.05) is 18.5 Å². The van der Waals surface area contributed by atoms with E-state index < -0.39 is 35.7 Å². The average Bonchev–Trinajstić information content (AvgIpc) is 3.29. The number of nitrogens with one attached hydrogen (secondary N) is 1. The van der Waals surface area contributed by atoms with Gasteiger partial charge in [0.15, 0.2) is 0 Å². The van der Waals surface area contributed by atoms with Gasteiger partial charge in [0.25, 0.3) is 0 Å². The maximum Gasteiger partial charge on any atom is 0.338 e. The van der Waals surface area contributed by atoms with Crippen molar-refractivity contribution in [1.82, 2.24) is 0 Å². The van der Waals surface area contributed by atoms with Gasteiger partial charge in [-0.15, -0.1) is 0 Å². The molecule has 0 heterocycles. The molecule has 0 aliphatic heterocycles. The highest BCUT2D eigenvalue weighted by Gasteiger charge is 2.54. The zero-order chi connectivity index (χ0) is 21.1. The normalized spacial score (nSPS) is 24.8. The minimum Gasteiger partial charge on any atom is -0.481 e. The van der Waals surface area contributed by atoms with Gasteiger partial charge in [0, 0.05) is 5.69 Å². The molecule has 4 atom stereocenters. The topological polar surface area (TPSA) is 119 Å². The fraction of sp³-hybridized carbons (Fsp3) is 0.524. The van der Waals surface area contributed by atoms with Gasteiger partial charge >= 0.3 is 17.9 Å². The molecule has 0 spiro atoms. The molecule has 2 bridgehead atoms. The number of anilines is 1. The van der Waals surface area contributed by atoms with Crippen LogP contribution in [0.1, 0.15) is 53.8 Å². The lowest BCUT2D eigenvalue weighted by molar-refractivity contribution is -0.148.